The maximum atomic E-state index is 12.4. The number of nitrogens with one attached hydrogen (secondary N) is 1. The Kier molecular flexibility index (Phi) is 5.41. The van der Waals surface area contributed by atoms with E-state index >= 15 is 0 Å². The normalized spacial score (nSPS) is 18.9. The summed E-state index contributed by atoms with van der Waals surface area (Å²) < 4.78 is 5.61. The van der Waals surface area contributed by atoms with Gasteiger partial charge in [0.2, 0.25) is 0 Å². The zero-order valence-corrected chi connectivity index (χ0v) is 12.4. The van der Waals surface area contributed by atoms with Gasteiger partial charge in [0, 0.05) is 31.2 Å². The highest BCUT2D eigenvalue weighted by atomic mass is 16.5. The van der Waals surface area contributed by atoms with Gasteiger partial charge in [-0.25, -0.2) is 0 Å². The van der Waals surface area contributed by atoms with E-state index in [0.29, 0.717) is 6.04 Å². The number of nitrogens with zero attached hydrogens (tertiary/aromatic N) is 1. The van der Waals surface area contributed by atoms with Gasteiger partial charge in [-0.05, 0) is 37.6 Å². The fraction of sp³-hybridized carbons (Fsp3) is 0.562. The molecule has 1 aliphatic rings. The average molecular weight is 276 g/mol. The van der Waals surface area contributed by atoms with Gasteiger partial charge in [0.05, 0.1) is 6.61 Å². The molecule has 0 radical (unpaired) electrons. The first kappa shape index (κ1) is 14.9. The number of carbonyl (C=O) groups is 1. The molecule has 4 heteroatoms. The maximum Gasteiger partial charge on any atom is 0.253 e. The number of hydrogen-bond donors (Lipinski definition) is 1. The summed E-state index contributed by atoms with van der Waals surface area (Å²) in [6, 6.07) is 7.85. The van der Waals surface area contributed by atoms with Crippen molar-refractivity contribution in [2.24, 2.45) is 0 Å². The third kappa shape index (κ3) is 3.97. The molecular formula is C16H24N2O2. The molecule has 4 nitrogen and oxygen atoms in total. The predicted molar refractivity (Wildman–Crippen MR) is 80.2 cm³/mol. The summed E-state index contributed by atoms with van der Waals surface area (Å²) in [6.45, 7) is 7.39. The van der Waals surface area contributed by atoms with Gasteiger partial charge in [-0.1, -0.05) is 13.3 Å². The summed E-state index contributed by atoms with van der Waals surface area (Å²) in [5.74, 6) is 0.946. The summed E-state index contributed by atoms with van der Waals surface area (Å²) >= 11 is 0. The van der Waals surface area contributed by atoms with Crippen molar-refractivity contribution < 1.29 is 9.53 Å². The van der Waals surface area contributed by atoms with Crippen LogP contribution in [0.15, 0.2) is 24.3 Å². The molecule has 2 rings (SSSR count). The van der Waals surface area contributed by atoms with Gasteiger partial charge < -0.3 is 15.0 Å². The highest BCUT2D eigenvalue weighted by Crippen LogP contribution is 2.15. The van der Waals surface area contributed by atoms with Crippen molar-refractivity contribution in [1.29, 1.82) is 0 Å². The van der Waals surface area contributed by atoms with Gasteiger partial charge in [-0.3, -0.25) is 4.79 Å². The van der Waals surface area contributed by atoms with E-state index in [4.69, 9.17) is 4.74 Å². The Morgan fingerprint density at radius 1 is 1.40 bits per heavy atom. The Hall–Kier alpha value is -1.55. The van der Waals surface area contributed by atoms with E-state index < -0.39 is 0 Å². The largest absolute Gasteiger partial charge is 0.494 e. The van der Waals surface area contributed by atoms with E-state index in [2.05, 4.69) is 19.2 Å². The van der Waals surface area contributed by atoms with Crippen LogP contribution in [0.4, 0.5) is 0 Å². The van der Waals surface area contributed by atoms with Gasteiger partial charge >= 0.3 is 0 Å². The van der Waals surface area contributed by atoms with Crippen LogP contribution >= 0.6 is 0 Å². The van der Waals surface area contributed by atoms with Crippen molar-refractivity contribution >= 4 is 5.91 Å². The van der Waals surface area contributed by atoms with Crippen molar-refractivity contribution in [1.82, 2.24) is 10.2 Å². The van der Waals surface area contributed by atoms with Crippen LogP contribution in [0.1, 0.15) is 37.0 Å². The van der Waals surface area contributed by atoms with Crippen LogP contribution in [0.2, 0.25) is 0 Å². The minimum atomic E-state index is 0.110. The number of rotatable bonds is 5. The summed E-state index contributed by atoms with van der Waals surface area (Å²) in [4.78, 5) is 14.3. The zero-order valence-electron chi connectivity index (χ0n) is 12.4. The SMILES string of the molecule is CCCCOc1ccc(C(=O)N2CCN[C@@H](C)C2)cc1. The molecule has 1 aromatic rings. The van der Waals surface area contributed by atoms with Crippen molar-refractivity contribution in [3.63, 3.8) is 0 Å². The summed E-state index contributed by atoms with van der Waals surface area (Å²) in [5.41, 5.74) is 0.738. The molecular weight excluding hydrogens is 252 g/mol. The number of amides is 1. The molecule has 1 atom stereocenters. The van der Waals surface area contributed by atoms with E-state index in [9.17, 15) is 4.79 Å². The second-order valence-corrected chi connectivity index (χ2v) is 5.33. The lowest BCUT2D eigenvalue weighted by molar-refractivity contribution is 0.0709. The molecule has 0 unspecified atom stereocenters. The highest BCUT2D eigenvalue weighted by Gasteiger charge is 2.21. The van der Waals surface area contributed by atoms with Crippen molar-refractivity contribution in [3.05, 3.63) is 29.8 Å². The Morgan fingerprint density at radius 2 is 2.15 bits per heavy atom. The third-order valence-electron chi connectivity index (χ3n) is 3.52. The average Bonchev–Trinajstić information content (AvgIpc) is 2.47. The van der Waals surface area contributed by atoms with E-state index in [1.165, 1.54) is 0 Å². The fourth-order valence-electron chi connectivity index (χ4n) is 2.33. The predicted octanol–water partition coefficient (Wildman–Crippen LogP) is 2.30. The van der Waals surface area contributed by atoms with E-state index in [0.717, 1.165) is 50.4 Å². The summed E-state index contributed by atoms with van der Waals surface area (Å²) in [6.07, 6.45) is 2.18. The monoisotopic (exact) mass is 276 g/mol. The molecule has 0 bridgehead atoms. The molecule has 0 aromatic heterocycles. The van der Waals surface area contributed by atoms with Crippen LogP contribution in [0, 0.1) is 0 Å². The van der Waals surface area contributed by atoms with E-state index in [1.54, 1.807) is 0 Å². The van der Waals surface area contributed by atoms with Gasteiger partial charge in [-0.2, -0.15) is 0 Å². The molecule has 110 valence electrons. The van der Waals surface area contributed by atoms with Crippen LogP contribution in [0.3, 0.4) is 0 Å². The van der Waals surface area contributed by atoms with Crippen molar-refractivity contribution in [2.75, 3.05) is 26.2 Å². The Balaban J connectivity index is 1.93. The Morgan fingerprint density at radius 3 is 2.80 bits per heavy atom. The first-order chi connectivity index (χ1) is 9.70. The van der Waals surface area contributed by atoms with Crippen LogP contribution < -0.4 is 10.1 Å². The maximum absolute atomic E-state index is 12.4. The van der Waals surface area contributed by atoms with Crippen LogP contribution in [0.5, 0.6) is 5.75 Å². The fourth-order valence-corrected chi connectivity index (χ4v) is 2.33. The van der Waals surface area contributed by atoms with Gasteiger partial charge in [0.1, 0.15) is 5.75 Å². The topological polar surface area (TPSA) is 41.6 Å². The molecule has 1 heterocycles. The lowest BCUT2D eigenvalue weighted by Gasteiger charge is -2.32. The van der Waals surface area contributed by atoms with Crippen LogP contribution in [-0.4, -0.2) is 43.1 Å². The van der Waals surface area contributed by atoms with Crippen molar-refractivity contribution in [3.8, 4) is 5.75 Å². The number of unbranched alkanes of at least 4 members (excludes halogenated alkanes) is 1. The molecule has 1 aliphatic heterocycles. The number of piperazine rings is 1. The minimum absolute atomic E-state index is 0.110. The van der Waals surface area contributed by atoms with Crippen LogP contribution in [0.25, 0.3) is 0 Å². The molecule has 1 saturated heterocycles. The molecule has 1 aromatic carbocycles. The molecule has 1 fully saturated rings. The van der Waals surface area contributed by atoms with E-state index in [1.807, 2.05) is 29.2 Å². The third-order valence-corrected chi connectivity index (χ3v) is 3.52. The quantitative estimate of drug-likeness (QED) is 0.839. The molecule has 0 spiro atoms. The Bertz CT molecular complexity index is 431. The van der Waals surface area contributed by atoms with Crippen molar-refractivity contribution in [2.45, 2.75) is 32.7 Å². The Labute approximate surface area is 121 Å². The molecule has 0 saturated carbocycles. The summed E-state index contributed by atoms with van der Waals surface area (Å²) in [7, 11) is 0. The molecule has 1 N–H and O–H groups in total. The number of ether oxygens (including phenoxy) is 1. The standard InChI is InChI=1S/C16H24N2O2/c1-3-4-11-20-15-7-5-14(6-8-15)16(19)18-10-9-17-13(2)12-18/h5-8,13,17H,3-4,9-12H2,1-2H3/t13-/m0/s1. The van der Waals surface area contributed by atoms with Crippen LogP contribution in [-0.2, 0) is 0 Å². The lowest BCUT2D eigenvalue weighted by Crippen LogP contribution is -2.51. The summed E-state index contributed by atoms with van der Waals surface area (Å²) in [5, 5.41) is 3.34. The number of carbonyl (C=O) groups excluding carboxylic acids is 1. The van der Waals surface area contributed by atoms with Gasteiger partial charge in [0.15, 0.2) is 0 Å². The second kappa shape index (κ2) is 7.29. The van der Waals surface area contributed by atoms with Gasteiger partial charge in [-0.15, -0.1) is 0 Å². The highest BCUT2D eigenvalue weighted by molar-refractivity contribution is 5.94. The second-order valence-electron chi connectivity index (χ2n) is 5.33. The smallest absolute Gasteiger partial charge is 0.253 e. The molecule has 20 heavy (non-hydrogen) atoms. The first-order valence-electron chi connectivity index (χ1n) is 7.46. The molecule has 0 aliphatic carbocycles. The number of benzene rings is 1. The zero-order chi connectivity index (χ0) is 14.4. The number of hydrogen-bond acceptors (Lipinski definition) is 3. The molecule has 1 amide bonds. The first-order valence-corrected chi connectivity index (χ1v) is 7.46. The minimum Gasteiger partial charge on any atom is -0.494 e. The lowest BCUT2D eigenvalue weighted by atomic mass is 10.1. The van der Waals surface area contributed by atoms with E-state index in [-0.39, 0.29) is 5.91 Å². The van der Waals surface area contributed by atoms with Gasteiger partial charge in [0.25, 0.3) is 5.91 Å².